The van der Waals surface area contributed by atoms with Gasteiger partial charge in [0.15, 0.2) is 0 Å². The summed E-state index contributed by atoms with van der Waals surface area (Å²) in [6, 6.07) is 13.5. The Morgan fingerprint density at radius 2 is 1.78 bits per heavy atom. The van der Waals surface area contributed by atoms with Gasteiger partial charge in [-0.25, -0.2) is 8.42 Å². The van der Waals surface area contributed by atoms with Crippen LogP contribution in [0.1, 0.15) is 34.0 Å². The molecule has 0 saturated carbocycles. The third kappa shape index (κ3) is 5.10. The number of piperazine rings is 1. The number of sulfonamides is 1. The summed E-state index contributed by atoms with van der Waals surface area (Å²) in [5, 5.41) is 6.89. The van der Waals surface area contributed by atoms with Gasteiger partial charge in [-0.1, -0.05) is 30.3 Å². The Morgan fingerprint density at radius 1 is 1.06 bits per heavy atom. The maximum absolute atomic E-state index is 13.6. The number of hydrogen-bond donors (Lipinski definition) is 1. The average molecular weight is 512 g/mol. The molecule has 1 amide bonds. The van der Waals surface area contributed by atoms with E-state index in [0.717, 1.165) is 11.3 Å². The molecular formula is C26H33N5O4S. The Labute approximate surface area is 212 Å². The first-order chi connectivity index (χ1) is 17.3. The van der Waals surface area contributed by atoms with E-state index in [9.17, 15) is 13.2 Å². The summed E-state index contributed by atoms with van der Waals surface area (Å²) in [6.45, 7) is 8.42. The van der Waals surface area contributed by atoms with Gasteiger partial charge in [0.25, 0.3) is 15.9 Å². The van der Waals surface area contributed by atoms with Crippen LogP contribution in [-0.2, 0) is 23.1 Å². The minimum Gasteiger partial charge on any atom is -0.496 e. The van der Waals surface area contributed by atoms with Crippen LogP contribution in [0, 0.1) is 13.8 Å². The van der Waals surface area contributed by atoms with Gasteiger partial charge in [0.2, 0.25) is 5.03 Å². The quantitative estimate of drug-likeness (QED) is 0.500. The molecule has 1 aromatic heterocycles. The predicted molar refractivity (Wildman–Crippen MR) is 139 cm³/mol. The van der Waals surface area contributed by atoms with Gasteiger partial charge in [0, 0.05) is 56.7 Å². The molecule has 0 bridgehead atoms. The summed E-state index contributed by atoms with van der Waals surface area (Å²) in [5.74, 6) is 0.157. The zero-order valence-corrected chi connectivity index (χ0v) is 22.0. The van der Waals surface area contributed by atoms with Crippen molar-refractivity contribution in [3.8, 4) is 5.75 Å². The summed E-state index contributed by atoms with van der Waals surface area (Å²) < 4.78 is 35.5. The first kappa shape index (κ1) is 25.7. The van der Waals surface area contributed by atoms with Crippen LogP contribution in [0.25, 0.3) is 0 Å². The number of nitrogens with zero attached hydrogens (tertiary/aromatic N) is 4. The standard InChI is InChI=1S/C26H33N5O4S/c1-5-30-18-22(25(32)27-17-21-10-6-7-12-24(21)35-4)26(28-30)36(33,34)31-15-13-29(14-16-31)23-11-8-9-19(2)20(23)3/h6-12,18H,5,13-17H2,1-4H3,(H,27,32). The SMILES string of the molecule is CCn1cc(C(=O)NCc2ccccc2OC)c(S(=O)(=O)N2CCN(c3cccc(C)c3C)CC2)n1. The van der Waals surface area contributed by atoms with Crippen molar-refractivity contribution < 1.29 is 17.9 Å². The molecule has 0 aliphatic carbocycles. The molecular weight excluding hydrogens is 478 g/mol. The summed E-state index contributed by atoms with van der Waals surface area (Å²) in [5.41, 5.74) is 4.37. The molecule has 3 aromatic rings. The van der Waals surface area contributed by atoms with Gasteiger partial charge in [-0.2, -0.15) is 9.40 Å². The lowest BCUT2D eigenvalue weighted by Gasteiger charge is -2.36. The number of amides is 1. The molecule has 0 spiro atoms. The fourth-order valence-corrected chi connectivity index (χ4v) is 5.92. The molecule has 1 aliphatic rings. The van der Waals surface area contributed by atoms with Crippen molar-refractivity contribution in [2.75, 3.05) is 38.2 Å². The zero-order chi connectivity index (χ0) is 25.9. The van der Waals surface area contributed by atoms with E-state index in [2.05, 4.69) is 41.3 Å². The van der Waals surface area contributed by atoms with Crippen LogP contribution < -0.4 is 15.0 Å². The van der Waals surface area contributed by atoms with E-state index in [1.165, 1.54) is 26.3 Å². The summed E-state index contributed by atoms with van der Waals surface area (Å²) in [7, 11) is -2.39. The molecule has 0 unspecified atom stereocenters. The number of carbonyl (C=O) groups is 1. The molecule has 1 aliphatic heterocycles. The van der Waals surface area contributed by atoms with Gasteiger partial charge in [0.05, 0.1) is 12.7 Å². The van der Waals surface area contributed by atoms with Crippen molar-refractivity contribution in [3.63, 3.8) is 0 Å². The normalized spacial score (nSPS) is 14.6. The molecule has 1 saturated heterocycles. The number of methoxy groups -OCH3 is 1. The highest BCUT2D eigenvalue weighted by molar-refractivity contribution is 7.89. The lowest BCUT2D eigenvalue weighted by Crippen LogP contribution is -2.49. The number of hydrogen-bond acceptors (Lipinski definition) is 6. The third-order valence-corrected chi connectivity index (χ3v) is 8.50. The number of carbonyl (C=O) groups excluding carboxylic acids is 1. The summed E-state index contributed by atoms with van der Waals surface area (Å²) in [6.07, 6.45) is 1.50. The Bertz CT molecular complexity index is 1340. The first-order valence-corrected chi connectivity index (χ1v) is 13.5. The molecule has 9 nitrogen and oxygen atoms in total. The van der Waals surface area contributed by atoms with Crippen molar-refractivity contribution in [2.24, 2.45) is 0 Å². The highest BCUT2D eigenvalue weighted by Crippen LogP contribution is 2.26. The number of ether oxygens (including phenoxy) is 1. The second-order valence-corrected chi connectivity index (χ2v) is 10.7. The molecule has 4 rings (SSSR count). The number of benzene rings is 2. The second-order valence-electron chi connectivity index (χ2n) is 8.81. The van der Waals surface area contributed by atoms with Gasteiger partial charge in [0.1, 0.15) is 5.75 Å². The van der Waals surface area contributed by atoms with Crippen LogP contribution in [0.15, 0.2) is 53.7 Å². The van der Waals surface area contributed by atoms with E-state index in [1.54, 1.807) is 7.11 Å². The van der Waals surface area contributed by atoms with Crippen molar-refractivity contribution in [2.45, 2.75) is 38.9 Å². The molecule has 0 atom stereocenters. The maximum Gasteiger partial charge on any atom is 0.263 e. The lowest BCUT2D eigenvalue weighted by atomic mass is 10.1. The molecule has 2 heterocycles. The maximum atomic E-state index is 13.6. The van der Waals surface area contributed by atoms with E-state index in [0.29, 0.717) is 38.5 Å². The zero-order valence-electron chi connectivity index (χ0n) is 21.2. The predicted octanol–water partition coefficient (Wildman–Crippen LogP) is 2.97. The van der Waals surface area contributed by atoms with Gasteiger partial charge in [-0.3, -0.25) is 9.48 Å². The van der Waals surface area contributed by atoms with E-state index in [4.69, 9.17) is 4.74 Å². The van der Waals surface area contributed by atoms with E-state index >= 15 is 0 Å². The monoisotopic (exact) mass is 511 g/mol. The molecule has 10 heteroatoms. The van der Waals surface area contributed by atoms with Crippen LogP contribution in [0.5, 0.6) is 5.75 Å². The molecule has 2 aromatic carbocycles. The number of aromatic nitrogens is 2. The van der Waals surface area contributed by atoms with Crippen molar-refractivity contribution in [3.05, 3.63) is 70.9 Å². The van der Waals surface area contributed by atoms with E-state index in [-0.39, 0.29) is 17.1 Å². The first-order valence-electron chi connectivity index (χ1n) is 12.0. The Kier molecular flexibility index (Phi) is 7.65. The van der Waals surface area contributed by atoms with Crippen LogP contribution in [0.2, 0.25) is 0 Å². The second kappa shape index (κ2) is 10.7. The summed E-state index contributed by atoms with van der Waals surface area (Å²) >= 11 is 0. The fourth-order valence-electron chi connectivity index (χ4n) is 4.40. The van der Waals surface area contributed by atoms with Gasteiger partial charge in [-0.15, -0.1) is 0 Å². The van der Waals surface area contributed by atoms with Crippen molar-refractivity contribution in [1.29, 1.82) is 0 Å². The minimum absolute atomic E-state index is 0.0451. The molecule has 0 radical (unpaired) electrons. The minimum atomic E-state index is -3.96. The molecule has 192 valence electrons. The number of rotatable bonds is 8. The molecule has 36 heavy (non-hydrogen) atoms. The fraction of sp³-hybridized carbons (Fsp3) is 0.385. The van der Waals surface area contributed by atoms with Crippen LogP contribution in [0.4, 0.5) is 5.69 Å². The van der Waals surface area contributed by atoms with Crippen LogP contribution >= 0.6 is 0 Å². The van der Waals surface area contributed by atoms with Gasteiger partial charge < -0.3 is 15.0 Å². The number of anilines is 1. The molecule has 1 N–H and O–H groups in total. The Morgan fingerprint density at radius 3 is 2.47 bits per heavy atom. The van der Waals surface area contributed by atoms with Gasteiger partial charge >= 0.3 is 0 Å². The van der Waals surface area contributed by atoms with Crippen molar-refractivity contribution >= 4 is 21.6 Å². The van der Waals surface area contributed by atoms with Crippen molar-refractivity contribution in [1.82, 2.24) is 19.4 Å². The lowest BCUT2D eigenvalue weighted by molar-refractivity contribution is 0.0947. The van der Waals surface area contributed by atoms with E-state index in [1.807, 2.05) is 37.3 Å². The largest absolute Gasteiger partial charge is 0.496 e. The van der Waals surface area contributed by atoms with Crippen LogP contribution in [-0.4, -0.2) is 61.7 Å². The smallest absolute Gasteiger partial charge is 0.263 e. The Balaban J connectivity index is 1.52. The average Bonchev–Trinajstić information content (AvgIpc) is 3.35. The topological polar surface area (TPSA) is 96.8 Å². The van der Waals surface area contributed by atoms with E-state index < -0.39 is 15.9 Å². The van der Waals surface area contributed by atoms with Crippen LogP contribution in [0.3, 0.4) is 0 Å². The summed E-state index contributed by atoms with van der Waals surface area (Å²) in [4.78, 5) is 15.3. The molecule has 1 fully saturated rings. The highest BCUT2D eigenvalue weighted by atomic mass is 32.2. The third-order valence-electron chi connectivity index (χ3n) is 6.67. The highest BCUT2D eigenvalue weighted by Gasteiger charge is 2.35. The van der Waals surface area contributed by atoms with Gasteiger partial charge in [-0.05, 0) is 44.0 Å². The Hall–Kier alpha value is -3.37. The number of nitrogens with one attached hydrogen (secondary N) is 1. The number of aryl methyl sites for hydroxylation is 2. The number of para-hydroxylation sites is 1.